The molecule has 144 valence electrons. The first kappa shape index (κ1) is 22.8. The van der Waals surface area contributed by atoms with Gasteiger partial charge in [0.25, 0.3) is 0 Å². The standard InChI is InChI=1S/C15H28N4O6/c1-7(2)11(18-10(21)5-16)14(23)17-9(6-20)13(22)19-12(8(3)4)15(24)25/h7-9,11-12,20H,5-6,16H2,1-4H3,(H,17,23)(H,18,21)(H,19,22)(H,24,25). The Hall–Kier alpha value is -2.20. The minimum atomic E-state index is -1.34. The van der Waals surface area contributed by atoms with Gasteiger partial charge >= 0.3 is 5.97 Å². The van der Waals surface area contributed by atoms with Gasteiger partial charge in [-0.3, -0.25) is 14.4 Å². The minimum absolute atomic E-state index is 0.291. The number of hydrogen-bond donors (Lipinski definition) is 6. The number of carboxylic acid groups (broad SMARTS) is 1. The van der Waals surface area contributed by atoms with Gasteiger partial charge in [0.2, 0.25) is 17.7 Å². The number of carbonyl (C=O) groups excluding carboxylic acids is 3. The first-order valence-electron chi connectivity index (χ1n) is 7.98. The minimum Gasteiger partial charge on any atom is -0.480 e. The van der Waals surface area contributed by atoms with Gasteiger partial charge in [0.1, 0.15) is 18.1 Å². The fourth-order valence-electron chi connectivity index (χ4n) is 1.99. The molecule has 3 amide bonds. The first-order chi connectivity index (χ1) is 11.5. The predicted octanol–water partition coefficient (Wildman–Crippen LogP) is -2.21. The molecule has 7 N–H and O–H groups in total. The van der Waals surface area contributed by atoms with Crippen molar-refractivity contribution in [2.45, 2.75) is 45.8 Å². The molecule has 0 aliphatic rings. The number of carboxylic acids is 1. The van der Waals surface area contributed by atoms with Crippen LogP contribution in [0.15, 0.2) is 0 Å². The zero-order valence-electron chi connectivity index (χ0n) is 14.9. The number of carbonyl (C=O) groups is 4. The van der Waals surface area contributed by atoms with E-state index < -0.39 is 48.4 Å². The number of rotatable bonds is 10. The van der Waals surface area contributed by atoms with Crippen LogP contribution in [0.25, 0.3) is 0 Å². The largest absolute Gasteiger partial charge is 0.480 e. The molecule has 3 unspecified atom stereocenters. The predicted molar refractivity (Wildman–Crippen MR) is 89.2 cm³/mol. The van der Waals surface area contributed by atoms with Crippen LogP contribution in [0.2, 0.25) is 0 Å². The topological polar surface area (TPSA) is 171 Å². The lowest BCUT2D eigenvalue weighted by molar-refractivity contribution is -0.143. The summed E-state index contributed by atoms with van der Waals surface area (Å²) in [6.45, 7) is 5.58. The number of aliphatic hydroxyl groups excluding tert-OH is 1. The zero-order valence-corrected chi connectivity index (χ0v) is 14.9. The average Bonchev–Trinajstić information content (AvgIpc) is 2.53. The molecule has 10 heteroatoms. The normalized spacial score (nSPS) is 14.6. The Balaban J connectivity index is 5.04. The maximum absolute atomic E-state index is 12.3. The summed E-state index contributed by atoms with van der Waals surface area (Å²) < 4.78 is 0. The third-order valence-corrected chi connectivity index (χ3v) is 3.50. The molecule has 3 atom stereocenters. The van der Waals surface area contributed by atoms with Crippen LogP contribution < -0.4 is 21.7 Å². The molecule has 0 saturated heterocycles. The van der Waals surface area contributed by atoms with E-state index in [0.29, 0.717) is 0 Å². The molecule has 25 heavy (non-hydrogen) atoms. The Kier molecular flexibility index (Phi) is 9.69. The Labute approximate surface area is 146 Å². The molecule has 10 nitrogen and oxygen atoms in total. The highest BCUT2D eigenvalue weighted by Gasteiger charge is 2.31. The van der Waals surface area contributed by atoms with E-state index in [1.165, 1.54) is 0 Å². The Morgan fingerprint density at radius 2 is 1.40 bits per heavy atom. The second kappa shape index (κ2) is 10.6. The van der Waals surface area contributed by atoms with Crippen LogP contribution in [0.4, 0.5) is 0 Å². The molecule has 0 aromatic rings. The van der Waals surface area contributed by atoms with Crippen molar-refractivity contribution < 1.29 is 29.4 Å². The molecule has 0 aromatic heterocycles. The second-order valence-electron chi connectivity index (χ2n) is 6.31. The molecular formula is C15H28N4O6. The number of hydrogen-bond acceptors (Lipinski definition) is 6. The molecule has 0 aliphatic heterocycles. The number of amides is 3. The van der Waals surface area contributed by atoms with Crippen LogP contribution in [0.3, 0.4) is 0 Å². The molecular weight excluding hydrogens is 332 g/mol. The monoisotopic (exact) mass is 360 g/mol. The van der Waals surface area contributed by atoms with E-state index in [1.807, 2.05) is 0 Å². The zero-order chi connectivity index (χ0) is 19.7. The lowest BCUT2D eigenvalue weighted by atomic mass is 10.0. The van der Waals surface area contributed by atoms with Crippen LogP contribution in [-0.2, 0) is 19.2 Å². The third-order valence-electron chi connectivity index (χ3n) is 3.50. The van der Waals surface area contributed by atoms with E-state index in [1.54, 1.807) is 27.7 Å². The number of nitrogens with two attached hydrogens (primary N) is 1. The fraction of sp³-hybridized carbons (Fsp3) is 0.733. The summed E-state index contributed by atoms with van der Waals surface area (Å²) in [5, 5.41) is 25.5. The quantitative estimate of drug-likeness (QED) is 0.256. The van der Waals surface area contributed by atoms with E-state index in [2.05, 4.69) is 16.0 Å². The molecule has 0 fully saturated rings. The molecule has 0 aromatic carbocycles. The molecule has 0 bridgehead atoms. The third kappa shape index (κ3) is 7.48. The van der Waals surface area contributed by atoms with E-state index >= 15 is 0 Å². The maximum atomic E-state index is 12.3. The van der Waals surface area contributed by atoms with Gasteiger partial charge < -0.3 is 31.9 Å². The summed E-state index contributed by atoms with van der Waals surface area (Å²) >= 11 is 0. The van der Waals surface area contributed by atoms with E-state index in [0.717, 1.165) is 0 Å². The highest BCUT2D eigenvalue weighted by molar-refractivity contribution is 5.93. The van der Waals surface area contributed by atoms with Gasteiger partial charge in [-0.25, -0.2) is 4.79 Å². The van der Waals surface area contributed by atoms with Gasteiger partial charge in [0.15, 0.2) is 0 Å². The van der Waals surface area contributed by atoms with Gasteiger partial charge in [0.05, 0.1) is 13.2 Å². The lowest BCUT2D eigenvalue weighted by Crippen LogP contribution is -2.58. The van der Waals surface area contributed by atoms with E-state index in [4.69, 9.17) is 10.8 Å². The summed E-state index contributed by atoms with van der Waals surface area (Å²) in [4.78, 5) is 47.0. The summed E-state index contributed by atoms with van der Waals surface area (Å²) in [6, 6.07) is -3.45. The summed E-state index contributed by atoms with van der Waals surface area (Å²) in [5.74, 6) is -3.94. The van der Waals surface area contributed by atoms with Gasteiger partial charge in [-0.15, -0.1) is 0 Å². The van der Waals surface area contributed by atoms with Gasteiger partial charge in [0, 0.05) is 0 Å². The highest BCUT2D eigenvalue weighted by Crippen LogP contribution is 2.04. The molecule has 0 aliphatic carbocycles. The van der Waals surface area contributed by atoms with Crippen molar-refractivity contribution in [2.24, 2.45) is 17.6 Å². The van der Waals surface area contributed by atoms with Gasteiger partial charge in [-0.05, 0) is 11.8 Å². The van der Waals surface area contributed by atoms with Crippen LogP contribution in [-0.4, -0.2) is 65.2 Å². The number of aliphatic hydroxyl groups is 1. The molecule has 0 heterocycles. The number of aliphatic carboxylic acids is 1. The van der Waals surface area contributed by atoms with Crippen molar-refractivity contribution in [2.75, 3.05) is 13.2 Å². The summed E-state index contributed by atoms with van der Waals surface area (Å²) in [7, 11) is 0. The fourth-order valence-corrected chi connectivity index (χ4v) is 1.99. The van der Waals surface area contributed by atoms with Crippen LogP contribution in [0.5, 0.6) is 0 Å². The van der Waals surface area contributed by atoms with Crippen LogP contribution in [0.1, 0.15) is 27.7 Å². The van der Waals surface area contributed by atoms with Crippen molar-refractivity contribution in [3.63, 3.8) is 0 Å². The Morgan fingerprint density at radius 1 is 0.880 bits per heavy atom. The van der Waals surface area contributed by atoms with Crippen molar-refractivity contribution >= 4 is 23.7 Å². The maximum Gasteiger partial charge on any atom is 0.326 e. The van der Waals surface area contributed by atoms with Crippen molar-refractivity contribution in [1.29, 1.82) is 0 Å². The molecule has 0 radical (unpaired) electrons. The van der Waals surface area contributed by atoms with Crippen LogP contribution >= 0.6 is 0 Å². The molecule has 0 spiro atoms. The SMILES string of the molecule is CC(C)C(NC(=O)C(CO)NC(=O)C(NC(=O)CN)C(C)C)C(=O)O. The average molecular weight is 360 g/mol. The highest BCUT2D eigenvalue weighted by atomic mass is 16.4. The first-order valence-corrected chi connectivity index (χ1v) is 7.98. The smallest absolute Gasteiger partial charge is 0.326 e. The van der Waals surface area contributed by atoms with Gasteiger partial charge in [-0.2, -0.15) is 0 Å². The molecule has 0 rings (SSSR count). The Morgan fingerprint density at radius 3 is 1.76 bits per heavy atom. The van der Waals surface area contributed by atoms with Crippen molar-refractivity contribution in [1.82, 2.24) is 16.0 Å². The number of nitrogens with one attached hydrogen (secondary N) is 3. The van der Waals surface area contributed by atoms with Crippen molar-refractivity contribution in [3.8, 4) is 0 Å². The Bertz CT molecular complexity index is 494. The summed E-state index contributed by atoms with van der Waals surface area (Å²) in [5.41, 5.74) is 5.20. The lowest BCUT2D eigenvalue weighted by Gasteiger charge is -2.25. The van der Waals surface area contributed by atoms with E-state index in [9.17, 15) is 24.3 Å². The van der Waals surface area contributed by atoms with Gasteiger partial charge in [-0.1, -0.05) is 27.7 Å². The van der Waals surface area contributed by atoms with Crippen molar-refractivity contribution in [3.05, 3.63) is 0 Å². The summed E-state index contributed by atoms with van der Waals surface area (Å²) in [6.07, 6.45) is 0. The van der Waals surface area contributed by atoms with E-state index in [-0.39, 0.29) is 18.4 Å². The molecule has 0 saturated carbocycles. The second-order valence-corrected chi connectivity index (χ2v) is 6.31. The van der Waals surface area contributed by atoms with Crippen LogP contribution in [0, 0.1) is 11.8 Å².